The summed E-state index contributed by atoms with van der Waals surface area (Å²) in [5, 5.41) is 7.51. The third-order valence-electron chi connectivity index (χ3n) is 6.62. The molecule has 1 amide bonds. The van der Waals surface area contributed by atoms with E-state index in [0.717, 1.165) is 49.3 Å². The van der Waals surface area contributed by atoms with Crippen molar-refractivity contribution in [3.63, 3.8) is 0 Å². The van der Waals surface area contributed by atoms with E-state index in [-0.39, 0.29) is 18.3 Å². The van der Waals surface area contributed by atoms with Crippen LogP contribution in [0, 0.1) is 0 Å². The number of hydrogen-bond donors (Lipinski definition) is 2. The number of ether oxygens (including phenoxy) is 3. The highest BCUT2D eigenvalue weighted by atomic mass is 35.5. The van der Waals surface area contributed by atoms with Crippen LogP contribution in [0.5, 0.6) is 17.2 Å². The van der Waals surface area contributed by atoms with Crippen molar-refractivity contribution in [2.75, 3.05) is 52.8 Å². The van der Waals surface area contributed by atoms with Crippen LogP contribution in [0.15, 0.2) is 65.1 Å². The molecular formula is C29H32ClN3O5. The van der Waals surface area contributed by atoms with Gasteiger partial charge in [-0.2, -0.15) is 0 Å². The van der Waals surface area contributed by atoms with Crippen LogP contribution >= 0.6 is 12.4 Å². The van der Waals surface area contributed by atoms with Gasteiger partial charge in [0.2, 0.25) is 5.75 Å². The fourth-order valence-electron chi connectivity index (χ4n) is 4.72. The molecule has 38 heavy (non-hydrogen) atoms. The highest BCUT2D eigenvalue weighted by Gasteiger charge is 2.20. The van der Waals surface area contributed by atoms with Crippen LogP contribution in [0.3, 0.4) is 0 Å². The molecule has 1 aliphatic heterocycles. The first kappa shape index (κ1) is 27.3. The number of rotatable bonds is 8. The Balaban J connectivity index is 0.00000336. The number of nitrogens with zero attached hydrogens (tertiary/aromatic N) is 1. The largest absolute Gasteiger partial charge is 0.493 e. The Morgan fingerprint density at radius 3 is 2.34 bits per heavy atom. The summed E-state index contributed by atoms with van der Waals surface area (Å²) < 4.78 is 22.5. The van der Waals surface area contributed by atoms with Crippen LogP contribution in [-0.4, -0.2) is 58.3 Å². The number of nitrogens with one attached hydrogen (secondary N) is 2. The van der Waals surface area contributed by atoms with E-state index in [1.807, 2.05) is 36.4 Å². The van der Waals surface area contributed by atoms with Crippen LogP contribution in [0.25, 0.3) is 22.3 Å². The Labute approximate surface area is 228 Å². The predicted octanol–water partition coefficient (Wildman–Crippen LogP) is 5.20. The number of benzene rings is 3. The van der Waals surface area contributed by atoms with E-state index >= 15 is 0 Å². The number of piperazine rings is 1. The van der Waals surface area contributed by atoms with Crippen LogP contribution in [-0.2, 0) is 6.54 Å². The molecule has 0 atom stereocenters. The zero-order valence-corrected chi connectivity index (χ0v) is 22.5. The summed E-state index contributed by atoms with van der Waals surface area (Å²) in [5.74, 6) is 1.65. The minimum absolute atomic E-state index is 0. The Kier molecular flexibility index (Phi) is 8.78. The summed E-state index contributed by atoms with van der Waals surface area (Å²) >= 11 is 0. The Morgan fingerprint density at radius 2 is 1.66 bits per heavy atom. The van der Waals surface area contributed by atoms with Gasteiger partial charge in [0.1, 0.15) is 11.3 Å². The van der Waals surface area contributed by atoms with Gasteiger partial charge in [0.05, 0.1) is 27.0 Å². The van der Waals surface area contributed by atoms with Crippen molar-refractivity contribution >= 4 is 35.0 Å². The third-order valence-corrected chi connectivity index (χ3v) is 6.62. The zero-order chi connectivity index (χ0) is 25.8. The van der Waals surface area contributed by atoms with Gasteiger partial charge in [0, 0.05) is 49.2 Å². The number of amides is 1. The smallest absolute Gasteiger partial charge is 0.255 e. The lowest BCUT2D eigenvalue weighted by Crippen LogP contribution is -2.42. The molecule has 2 N–H and O–H groups in total. The van der Waals surface area contributed by atoms with Crippen molar-refractivity contribution in [1.29, 1.82) is 0 Å². The number of furan rings is 1. The molecule has 0 aliphatic carbocycles. The Bertz CT molecular complexity index is 1390. The molecule has 8 nitrogen and oxygen atoms in total. The number of fused-ring (bicyclic) bond motifs is 1. The predicted molar refractivity (Wildman–Crippen MR) is 151 cm³/mol. The molecule has 9 heteroatoms. The van der Waals surface area contributed by atoms with E-state index in [2.05, 4.69) is 27.7 Å². The number of hydrogen-bond acceptors (Lipinski definition) is 7. The molecule has 200 valence electrons. The second kappa shape index (κ2) is 12.2. The van der Waals surface area contributed by atoms with Gasteiger partial charge in [0.25, 0.3) is 5.91 Å². The Morgan fingerprint density at radius 1 is 0.947 bits per heavy atom. The van der Waals surface area contributed by atoms with Gasteiger partial charge in [-0.05, 0) is 42.0 Å². The standard InChI is InChI=1S/C29H31N3O5.ClH/c1-34-26-15-20(16-27(35-2)28(26)36-3)29(33)31-23-9-5-4-8-21(23)25-17-22-19(7-6-10-24(22)37-25)18-32-13-11-30-12-14-32;/h4-10,15-17,30H,11-14,18H2,1-3H3,(H,31,33);1H. The highest BCUT2D eigenvalue weighted by Crippen LogP contribution is 2.39. The molecule has 1 saturated heterocycles. The molecule has 3 aromatic carbocycles. The molecule has 0 radical (unpaired) electrons. The lowest BCUT2D eigenvalue weighted by molar-refractivity contribution is 0.102. The molecule has 1 aliphatic rings. The number of carbonyl (C=O) groups excluding carboxylic acids is 1. The second-order valence-electron chi connectivity index (χ2n) is 8.88. The minimum atomic E-state index is -0.304. The molecule has 4 aromatic rings. The summed E-state index contributed by atoms with van der Waals surface area (Å²) in [5.41, 5.74) is 3.88. The van der Waals surface area contributed by atoms with Crippen LogP contribution < -0.4 is 24.8 Å². The quantitative estimate of drug-likeness (QED) is 0.319. The van der Waals surface area contributed by atoms with Crippen molar-refractivity contribution in [3.05, 3.63) is 71.8 Å². The third kappa shape index (κ3) is 5.57. The van der Waals surface area contributed by atoms with E-state index in [1.54, 1.807) is 12.1 Å². The molecule has 2 heterocycles. The summed E-state index contributed by atoms with van der Waals surface area (Å²) in [6.07, 6.45) is 0. The molecule has 0 saturated carbocycles. The van der Waals surface area contributed by atoms with Crippen molar-refractivity contribution < 1.29 is 23.4 Å². The van der Waals surface area contributed by atoms with Gasteiger partial charge in [-0.15, -0.1) is 12.4 Å². The molecule has 0 bridgehead atoms. The van der Waals surface area contributed by atoms with Gasteiger partial charge >= 0.3 is 0 Å². The number of para-hydroxylation sites is 1. The van der Waals surface area contributed by atoms with Gasteiger partial charge in [0.15, 0.2) is 11.5 Å². The van der Waals surface area contributed by atoms with E-state index < -0.39 is 0 Å². The fraction of sp³-hybridized carbons (Fsp3) is 0.276. The van der Waals surface area contributed by atoms with Crippen molar-refractivity contribution in [3.8, 4) is 28.6 Å². The maximum atomic E-state index is 13.3. The van der Waals surface area contributed by atoms with E-state index in [9.17, 15) is 4.79 Å². The average molecular weight is 538 g/mol. The normalized spacial score (nSPS) is 13.6. The monoisotopic (exact) mass is 537 g/mol. The lowest BCUT2D eigenvalue weighted by Gasteiger charge is -2.27. The van der Waals surface area contributed by atoms with Crippen LogP contribution in [0.1, 0.15) is 15.9 Å². The van der Waals surface area contributed by atoms with Crippen molar-refractivity contribution in [2.24, 2.45) is 0 Å². The molecule has 0 spiro atoms. The molecule has 5 rings (SSSR count). The number of halogens is 1. The fourth-order valence-corrected chi connectivity index (χ4v) is 4.72. The highest BCUT2D eigenvalue weighted by molar-refractivity contribution is 6.07. The van der Waals surface area contributed by atoms with E-state index in [0.29, 0.717) is 34.3 Å². The van der Waals surface area contributed by atoms with Crippen molar-refractivity contribution in [1.82, 2.24) is 10.2 Å². The molecule has 1 aromatic heterocycles. The summed E-state index contributed by atoms with van der Waals surface area (Å²) in [6.45, 7) is 4.93. The molecule has 0 unspecified atom stereocenters. The zero-order valence-electron chi connectivity index (χ0n) is 21.7. The SMILES string of the molecule is COc1cc(C(=O)Nc2ccccc2-c2cc3c(CN4CCNCC4)cccc3o2)cc(OC)c1OC.Cl. The number of anilines is 1. The summed E-state index contributed by atoms with van der Waals surface area (Å²) in [4.78, 5) is 15.7. The van der Waals surface area contributed by atoms with Crippen LogP contribution in [0.2, 0.25) is 0 Å². The summed E-state index contributed by atoms with van der Waals surface area (Å²) in [6, 6.07) is 19.1. The first-order chi connectivity index (χ1) is 18.1. The lowest BCUT2D eigenvalue weighted by atomic mass is 10.1. The first-order valence-electron chi connectivity index (χ1n) is 12.3. The van der Waals surface area contributed by atoms with Gasteiger partial charge < -0.3 is 29.3 Å². The molecule has 1 fully saturated rings. The second-order valence-corrected chi connectivity index (χ2v) is 8.88. The number of methoxy groups -OCH3 is 3. The molecular weight excluding hydrogens is 506 g/mol. The van der Waals surface area contributed by atoms with Gasteiger partial charge in [-0.3, -0.25) is 9.69 Å². The van der Waals surface area contributed by atoms with E-state index in [4.69, 9.17) is 18.6 Å². The van der Waals surface area contributed by atoms with Gasteiger partial charge in [-0.25, -0.2) is 0 Å². The first-order valence-corrected chi connectivity index (χ1v) is 12.3. The summed E-state index contributed by atoms with van der Waals surface area (Å²) in [7, 11) is 4.57. The minimum Gasteiger partial charge on any atom is -0.493 e. The maximum Gasteiger partial charge on any atom is 0.255 e. The van der Waals surface area contributed by atoms with Crippen molar-refractivity contribution in [2.45, 2.75) is 6.54 Å². The maximum absolute atomic E-state index is 13.3. The van der Waals surface area contributed by atoms with Crippen LogP contribution in [0.4, 0.5) is 5.69 Å². The Hall–Kier alpha value is -3.72. The van der Waals surface area contributed by atoms with Gasteiger partial charge in [-0.1, -0.05) is 24.3 Å². The average Bonchev–Trinajstić information content (AvgIpc) is 3.38. The topological polar surface area (TPSA) is 85.2 Å². The number of carbonyl (C=O) groups is 1. The van der Waals surface area contributed by atoms with E-state index in [1.165, 1.54) is 26.9 Å².